The fourth-order valence-electron chi connectivity index (χ4n) is 2.24. The third-order valence-corrected chi connectivity index (χ3v) is 3.50. The van der Waals surface area contributed by atoms with Crippen LogP contribution < -0.4 is 5.32 Å². The van der Waals surface area contributed by atoms with E-state index >= 15 is 0 Å². The van der Waals surface area contributed by atoms with Crippen molar-refractivity contribution >= 4 is 0 Å². The van der Waals surface area contributed by atoms with Gasteiger partial charge in [0.05, 0.1) is 29.2 Å². The number of hydrogen-bond donors (Lipinski definition) is 1. The van der Waals surface area contributed by atoms with E-state index in [1.165, 1.54) is 0 Å². The van der Waals surface area contributed by atoms with Crippen LogP contribution >= 0.6 is 0 Å². The molecule has 0 saturated carbocycles. The molecule has 0 bridgehead atoms. The molecule has 5 nitrogen and oxygen atoms in total. The largest absolute Gasteiger partial charge is 0.377 e. The molecule has 1 heterocycles. The minimum atomic E-state index is -0.357. The first kappa shape index (κ1) is 14.7. The maximum absolute atomic E-state index is 5.64. The van der Waals surface area contributed by atoms with Crippen molar-refractivity contribution in [1.82, 2.24) is 20.3 Å². The van der Waals surface area contributed by atoms with E-state index < -0.39 is 0 Å². The molecule has 0 aliphatic rings. The van der Waals surface area contributed by atoms with Crippen LogP contribution in [-0.2, 0) is 4.74 Å². The number of hydrogen-bond acceptors (Lipinski definition) is 4. The number of likely N-dealkylation sites (N-methyl/N-ethyl adjacent to an activating group) is 1. The van der Waals surface area contributed by atoms with Gasteiger partial charge in [0.2, 0.25) is 0 Å². The summed E-state index contributed by atoms with van der Waals surface area (Å²) in [6, 6.07) is 10.0. The van der Waals surface area contributed by atoms with Crippen molar-refractivity contribution in [1.29, 1.82) is 0 Å². The first-order chi connectivity index (χ1) is 9.60. The van der Waals surface area contributed by atoms with Gasteiger partial charge in [-0.2, -0.15) is 0 Å². The summed E-state index contributed by atoms with van der Waals surface area (Å²) in [4.78, 5) is 0. The Hall–Kier alpha value is -1.72. The number of aromatic nitrogens is 3. The highest BCUT2D eigenvalue weighted by Gasteiger charge is 2.33. The van der Waals surface area contributed by atoms with Gasteiger partial charge >= 0.3 is 0 Å². The third kappa shape index (κ3) is 2.89. The topological polar surface area (TPSA) is 52.0 Å². The van der Waals surface area contributed by atoms with Crippen molar-refractivity contribution in [3.8, 4) is 5.69 Å². The lowest BCUT2D eigenvalue weighted by molar-refractivity contribution is -0.0124. The summed E-state index contributed by atoms with van der Waals surface area (Å²) in [5, 5.41) is 11.7. The molecule has 108 valence electrons. The average molecular weight is 274 g/mol. The van der Waals surface area contributed by atoms with Crippen LogP contribution in [0.1, 0.15) is 32.5 Å². The smallest absolute Gasteiger partial charge is 0.0844 e. The molecule has 0 aliphatic carbocycles. The Labute approximate surface area is 120 Å². The van der Waals surface area contributed by atoms with Crippen LogP contribution in [0.25, 0.3) is 5.69 Å². The van der Waals surface area contributed by atoms with E-state index in [0.717, 1.165) is 17.9 Å². The zero-order valence-corrected chi connectivity index (χ0v) is 12.5. The van der Waals surface area contributed by atoms with E-state index in [4.69, 9.17) is 4.74 Å². The lowest BCUT2D eigenvalue weighted by Crippen LogP contribution is -2.41. The van der Waals surface area contributed by atoms with Crippen LogP contribution in [0.4, 0.5) is 0 Å². The van der Waals surface area contributed by atoms with Crippen molar-refractivity contribution in [2.24, 2.45) is 0 Å². The SMILES string of the molecule is CCNC(c1cnnn1-c1ccccc1)C(C)(C)OC. The van der Waals surface area contributed by atoms with Crippen molar-refractivity contribution in [2.75, 3.05) is 13.7 Å². The number of methoxy groups -OCH3 is 1. The molecule has 0 aliphatic heterocycles. The Kier molecular flexibility index (Phi) is 4.52. The molecule has 2 aromatic rings. The Balaban J connectivity index is 2.43. The summed E-state index contributed by atoms with van der Waals surface area (Å²) < 4.78 is 7.49. The molecule has 0 fully saturated rings. The van der Waals surface area contributed by atoms with Gasteiger partial charge in [0, 0.05) is 7.11 Å². The first-order valence-corrected chi connectivity index (χ1v) is 6.84. The van der Waals surface area contributed by atoms with E-state index in [0.29, 0.717) is 0 Å². The van der Waals surface area contributed by atoms with E-state index in [9.17, 15) is 0 Å². The highest BCUT2D eigenvalue weighted by atomic mass is 16.5. The zero-order valence-electron chi connectivity index (χ0n) is 12.5. The van der Waals surface area contributed by atoms with Crippen molar-refractivity contribution < 1.29 is 4.74 Å². The number of nitrogens with zero attached hydrogens (tertiary/aromatic N) is 3. The lowest BCUT2D eigenvalue weighted by Gasteiger charge is -2.33. The molecule has 0 radical (unpaired) electrons. The van der Waals surface area contributed by atoms with Crippen LogP contribution in [0.5, 0.6) is 0 Å². The third-order valence-electron chi connectivity index (χ3n) is 3.50. The second kappa shape index (κ2) is 6.15. The van der Waals surface area contributed by atoms with Gasteiger partial charge in [0.15, 0.2) is 0 Å². The summed E-state index contributed by atoms with van der Waals surface area (Å²) in [5.74, 6) is 0. The second-order valence-corrected chi connectivity index (χ2v) is 5.20. The Morgan fingerprint density at radius 1 is 1.30 bits per heavy atom. The molecule has 1 aromatic carbocycles. The second-order valence-electron chi connectivity index (χ2n) is 5.20. The maximum atomic E-state index is 5.64. The number of nitrogens with one attached hydrogen (secondary N) is 1. The summed E-state index contributed by atoms with van der Waals surface area (Å²) in [6.45, 7) is 7.04. The lowest BCUT2D eigenvalue weighted by atomic mass is 9.95. The zero-order chi connectivity index (χ0) is 14.6. The molecular formula is C15H22N4O. The molecule has 20 heavy (non-hydrogen) atoms. The van der Waals surface area contributed by atoms with Gasteiger partial charge < -0.3 is 10.1 Å². The first-order valence-electron chi connectivity index (χ1n) is 6.84. The van der Waals surface area contributed by atoms with Gasteiger partial charge in [-0.15, -0.1) is 5.10 Å². The fraction of sp³-hybridized carbons (Fsp3) is 0.467. The molecule has 2 rings (SSSR count). The fourth-order valence-corrected chi connectivity index (χ4v) is 2.24. The number of rotatable bonds is 6. The van der Waals surface area contributed by atoms with Gasteiger partial charge in [-0.05, 0) is 32.5 Å². The van der Waals surface area contributed by atoms with Crippen LogP contribution in [0, 0.1) is 0 Å². The van der Waals surface area contributed by atoms with Crippen molar-refractivity contribution in [3.05, 3.63) is 42.2 Å². The van der Waals surface area contributed by atoms with E-state index in [1.807, 2.05) is 35.0 Å². The highest BCUT2D eigenvalue weighted by Crippen LogP contribution is 2.29. The monoisotopic (exact) mass is 274 g/mol. The van der Waals surface area contributed by atoms with Crippen LogP contribution in [0.15, 0.2) is 36.5 Å². The minimum absolute atomic E-state index is 0.00714. The molecule has 1 unspecified atom stereocenters. The van der Waals surface area contributed by atoms with Gasteiger partial charge in [-0.3, -0.25) is 0 Å². The predicted octanol–water partition coefficient (Wildman–Crippen LogP) is 2.34. The van der Waals surface area contributed by atoms with Crippen LogP contribution in [0.3, 0.4) is 0 Å². The van der Waals surface area contributed by atoms with E-state index in [2.05, 4.69) is 36.4 Å². The van der Waals surface area contributed by atoms with Gasteiger partial charge in [0.1, 0.15) is 0 Å². The van der Waals surface area contributed by atoms with Crippen molar-refractivity contribution in [3.63, 3.8) is 0 Å². The molecule has 1 N–H and O–H groups in total. The molecule has 1 atom stereocenters. The number of ether oxygens (including phenoxy) is 1. The Morgan fingerprint density at radius 2 is 2.00 bits per heavy atom. The normalized spacial score (nSPS) is 13.4. The molecule has 0 spiro atoms. The molecule has 0 saturated heterocycles. The van der Waals surface area contributed by atoms with Gasteiger partial charge in [-0.1, -0.05) is 30.3 Å². The quantitative estimate of drug-likeness (QED) is 0.878. The summed E-state index contributed by atoms with van der Waals surface area (Å²) >= 11 is 0. The average Bonchev–Trinajstić information content (AvgIpc) is 2.94. The van der Waals surface area contributed by atoms with Crippen LogP contribution in [-0.4, -0.2) is 34.2 Å². The summed E-state index contributed by atoms with van der Waals surface area (Å²) in [6.07, 6.45) is 1.79. The van der Waals surface area contributed by atoms with Crippen LogP contribution in [0.2, 0.25) is 0 Å². The van der Waals surface area contributed by atoms with Gasteiger partial charge in [0.25, 0.3) is 0 Å². The van der Waals surface area contributed by atoms with Gasteiger partial charge in [-0.25, -0.2) is 4.68 Å². The standard InChI is InChI=1S/C15H22N4O/c1-5-16-14(15(2,3)20-4)13-11-17-18-19(13)12-9-7-6-8-10-12/h6-11,14,16H,5H2,1-4H3. The molecular weight excluding hydrogens is 252 g/mol. The maximum Gasteiger partial charge on any atom is 0.0844 e. The minimum Gasteiger partial charge on any atom is -0.377 e. The van der Waals surface area contributed by atoms with E-state index in [1.54, 1.807) is 13.3 Å². The number of benzene rings is 1. The highest BCUT2D eigenvalue weighted by molar-refractivity contribution is 5.32. The van der Waals surface area contributed by atoms with E-state index in [-0.39, 0.29) is 11.6 Å². The molecule has 0 amide bonds. The summed E-state index contributed by atoms with van der Waals surface area (Å²) in [5.41, 5.74) is 1.63. The Bertz CT molecular complexity index is 536. The summed E-state index contributed by atoms with van der Waals surface area (Å²) in [7, 11) is 1.72. The Morgan fingerprint density at radius 3 is 2.60 bits per heavy atom. The predicted molar refractivity (Wildman–Crippen MR) is 78.9 cm³/mol. The molecule has 1 aromatic heterocycles. The number of para-hydroxylation sites is 1. The van der Waals surface area contributed by atoms with Crippen molar-refractivity contribution in [2.45, 2.75) is 32.4 Å². The molecule has 5 heteroatoms.